The minimum atomic E-state index is -5.01. The molecule has 1 aliphatic heterocycles. The van der Waals surface area contributed by atoms with Crippen LogP contribution in [0.4, 0.5) is 13.2 Å². The summed E-state index contributed by atoms with van der Waals surface area (Å²) in [6.07, 6.45) is -11.1. The zero-order chi connectivity index (χ0) is 15.9. The van der Waals surface area contributed by atoms with E-state index in [1.807, 2.05) is 0 Å². The number of hydrogen-bond donors (Lipinski definition) is 4. The van der Waals surface area contributed by atoms with Gasteiger partial charge in [-0.3, -0.25) is 14.3 Å². The Labute approximate surface area is 114 Å². The SMILES string of the molecule is O=c1[nH]c(=O)n([C@H]2O[C@@H](CO)[C@H](O)[C@@H]2O)cc1C(F)(F)F. The molecule has 2 rings (SSSR count). The van der Waals surface area contributed by atoms with Crippen molar-refractivity contribution in [1.82, 2.24) is 9.55 Å². The first-order chi connectivity index (χ1) is 9.66. The fraction of sp³-hybridized carbons (Fsp3) is 0.600. The molecule has 0 aromatic carbocycles. The molecule has 0 bridgehead atoms. The molecule has 118 valence electrons. The Hall–Kier alpha value is -1.69. The van der Waals surface area contributed by atoms with Crippen LogP contribution in [0.25, 0.3) is 0 Å². The van der Waals surface area contributed by atoms with Gasteiger partial charge in [-0.15, -0.1) is 0 Å². The first-order valence-corrected chi connectivity index (χ1v) is 5.72. The summed E-state index contributed by atoms with van der Waals surface area (Å²) in [5, 5.41) is 28.1. The molecule has 2 heterocycles. The third kappa shape index (κ3) is 2.72. The van der Waals surface area contributed by atoms with Gasteiger partial charge >= 0.3 is 11.9 Å². The van der Waals surface area contributed by atoms with Crippen molar-refractivity contribution in [1.29, 1.82) is 0 Å². The number of hydrogen-bond acceptors (Lipinski definition) is 6. The van der Waals surface area contributed by atoms with E-state index in [1.165, 1.54) is 4.98 Å². The molecule has 1 fully saturated rings. The number of nitrogens with one attached hydrogen (secondary N) is 1. The number of halogens is 3. The van der Waals surface area contributed by atoms with E-state index in [9.17, 15) is 33.0 Å². The van der Waals surface area contributed by atoms with Crippen molar-refractivity contribution in [3.63, 3.8) is 0 Å². The molecule has 0 amide bonds. The Bertz CT molecular complexity index is 639. The van der Waals surface area contributed by atoms with Crippen LogP contribution >= 0.6 is 0 Å². The number of H-pyrrole nitrogens is 1. The van der Waals surface area contributed by atoms with E-state index in [1.54, 1.807) is 0 Å². The molecule has 8 nitrogen and oxygen atoms in total. The Morgan fingerprint density at radius 3 is 2.38 bits per heavy atom. The average Bonchev–Trinajstić information content (AvgIpc) is 2.65. The number of rotatable bonds is 2. The molecule has 0 aliphatic carbocycles. The Morgan fingerprint density at radius 2 is 1.90 bits per heavy atom. The van der Waals surface area contributed by atoms with Crippen LogP contribution in [0.2, 0.25) is 0 Å². The van der Waals surface area contributed by atoms with Gasteiger partial charge in [0.25, 0.3) is 5.56 Å². The van der Waals surface area contributed by atoms with E-state index >= 15 is 0 Å². The van der Waals surface area contributed by atoms with Crippen LogP contribution < -0.4 is 11.2 Å². The Morgan fingerprint density at radius 1 is 1.29 bits per heavy atom. The van der Waals surface area contributed by atoms with Gasteiger partial charge in [-0.25, -0.2) is 4.79 Å². The normalized spacial score (nSPS) is 29.8. The number of aromatic nitrogens is 2. The minimum absolute atomic E-state index is 0.196. The van der Waals surface area contributed by atoms with Crippen molar-refractivity contribution in [2.75, 3.05) is 6.61 Å². The van der Waals surface area contributed by atoms with Gasteiger partial charge in [-0.05, 0) is 0 Å². The second-order valence-electron chi connectivity index (χ2n) is 4.44. The number of nitrogens with zero attached hydrogens (tertiary/aromatic N) is 1. The molecule has 4 N–H and O–H groups in total. The Balaban J connectivity index is 2.50. The van der Waals surface area contributed by atoms with Crippen LogP contribution in [0.5, 0.6) is 0 Å². The summed E-state index contributed by atoms with van der Waals surface area (Å²) >= 11 is 0. The first-order valence-electron chi connectivity index (χ1n) is 5.72. The third-order valence-corrected chi connectivity index (χ3v) is 3.06. The summed E-state index contributed by atoms with van der Waals surface area (Å²) in [6, 6.07) is 0. The molecule has 0 radical (unpaired) electrons. The van der Waals surface area contributed by atoms with E-state index in [4.69, 9.17) is 9.84 Å². The van der Waals surface area contributed by atoms with Crippen molar-refractivity contribution < 1.29 is 33.2 Å². The van der Waals surface area contributed by atoms with E-state index in [2.05, 4.69) is 0 Å². The van der Waals surface area contributed by atoms with Gasteiger partial charge in [0.1, 0.15) is 23.9 Å². The lowest BCUT2D eigenvalue weighted by atomic mass is 10.1. The first kappa shape index (κ1) is 15.7. The number of alkyl halides is 3. The number of ether oxygens (including phenoxy) is 1. The molecule has 1 aliphatic rings. The molecule has 11 heteroatoms. The predicted molar refractivity (Wildman–Crippen MR) is 59.3 cm³/mol. The maximum Gasteiger partial charge on any atom is 0.423 e. The van der Waals surface area contributed by atoms with E-state index in [0.29, 0.717) is 4.57 Å². The largest absolute Gasteiger partial charge is 0.423 e. The minimum Gasteiger partial charge on any atom is -0.394 e. The van der Waals surface area contributed by atoms with Crippen molar-refractivity contribution >= 4 is 0 Å². The highest BCUT2D eigenvalue weighted by Crippen LogP contribution is 2.30. The van der Waals surface area contributed by atoms with Gasteiger partial charge < -0.3 is 20.1 Å². The van der Waals surface area contributed by atoms with Crippen molar-refractivity contribution in [2.24, 2.45) is 0 Å². The predicted octanol–water partition coefficient (Wildman–Crippen LogP) is -1.83. The van der Waals surface area contributed by atoms with Crippen LogP contribution in [0.15, 0.2) is 15.8 Å². The highest BCUT2D eigenvalue weighted by atomic mass is 19.4. The van der Waals surface area contributed by atoms with Gasteiger partial charge in [0, 0.05) is 6.20 Å². The Kier molecular flexibility index (Phi) is 3.93. The van der Waals surface area contributed by atoms with Crippen LogP contribution in [0.3, 0.4) is 0 Å². The molecule has 4 atom stereocenters. The van der Waals surface area contributed by atoms with Gasteiger partial charge in [-0.2, -0.15) is 13.2 Å². The standard InChI is InChI=1S/C10H11F3N2O6/c11-10(12,13)3-1-15(9(20)14-7(3)19)8-6(18)5(17)4(2-16)21-8/h1,4-6,8,16-18H,2H2,(H,14,19,20)/t4-,5-,6-,8-/m0/s1. The fourth-order valence-electron chi connectivity index (χ4n) is 1.99. The van der Waals surface area contributed by atoms with Crippen molar-refractivity contribution in [3.05, 3.63) is 32.6 Å². The summed E-state index contributed by atoms with van der Waals surface area (Å²) in [7, 11) is 0. The number of aromatic amines is 1. The van der Waals surface area contributed by atoms with Crippen LogP contribution in [0, 0.1) is 0 Å². The third-order valence-electron chi connectivity index (χ3n) is 3.06. The summed E-state index contributed by atoms with van der Waals surface area (Å²) in [6.45, 7) is -0.709. The topological polar surface area (TPSA) is 125 Å². The van der Waals surface area contributed by atoms with Crippen LogP contribution in [-0.4, -0.2) is 49.8 Å². The van der Waals surface area contributed by atoms with Crippen LogP contribution in [-0.2, 0) is 10.9 Å². The molecule has 21 heavy (non-hydrogen) atoms. The molecule has 1 aromatic rings. The molecular formula is C10H11F3N2O6. The van der Waals surface area contributed by atoms with Crippen molar-refractivity contribution in [2.45, 2.75) is 30.7 Å². The number of aliphatic hydroxyl groups is 3. The zero-order valence-electron chi connectivity index (χ0n) is 10.2. The van der Waals surface area contributed by atoms with E-state index in [0.717, 1.165) is 0 Å². The monoisotopic (exact) mass is 312 g/mol. The maximum atomic E-state index is 12.6. The second-order valence-corrected chi connectivity index (χ2v) is 4.44. The molecule has 1 aromatic heterocycles. The van der Waals surface area contributed by atoms with Gasteiger partial charge in [0.15, 0.2) is 6.23 Å². The summed E-state index contributed by atoms with van der Waals surface area (Å²) in [4.78, 5) is 24.2. The lowest BCUT2D eigenvalue weighted by molar-refractivity contribution is -0.140. The molecule has 0 saturated carbocycles. The van der Waals surface area contributed by atoms with Gasteiger partial charge in [0.2, 0.25) is 0 Å². The fourth-order valence-corrected chi connectivity index (χ4v) is 1.99. The molecular weight excluding hydrogens is 301 g/mol. The van der Waals surface area contributed by atoms with Crippen LogP contribution in [0.1, 0.15) is 11.8 Å². The summed E-state index contributed by atoms with van der Waals surface area (Å²) < 4.78 is 43.2. The molecule has 0 spiro atoms. The summed E-state index contributed by atoms with van der Waals surface area (Å²) in [5.74, 6) is 0. The maximum absolute atomic E-state index is 12.6. The zero-order valence-corrected chi connectivity index (χ0v) is 10.2. The molecule has 0 unspecified atom stereocenters. The number of aliphatic hydroxyl groups excluding tert-OH is 3. The van der Waals surface area contributed by atoms with Gasteiger partial charge in [0.05, 0.1) is 6.61 Å². The highest BCUT2D eigenvalue weighted by molar-refractivity contribution is 5.10. The van der Waals surface area contributed by atoms with Crippen molar-refractivity contribution in [3.8, 4) is 0 Å². The average molecular weight is 312 g/mol. The molecule has 1 saturated heterocycles. The van der Waals surface area contributed by atoms with E-state index < -0.39 is 54.1 Å². The van der Waals surface area contributed by atoms with Gasteiger partial charge in [-0.1, -0.05) is 0 Å². The quantitative estimate of drug-likeness (QED) is 0.509. The smallest absolute Gasteiger partial charge is 0.394 e. The lowest BCUT2D eigenvalue weighted by Gasteiger charge is -2.18. The van der Waals surface area contributed by atoms with E-state index in [-0.39, 0.29) is 6.20 Å². The summed E-state index contributed by atoms with van der Waals surface area (Å²) in [5.41, 5.74) is -4.53. The highest BCUT2D eigenvalue weighted by Gasteiger charge is 2.44. The lowest BCUT2D eigenvalue weighted by Crippen LogP contribution is -2.40. The second kappa shape index (κ2) is 5.26.